The number of amides is 1. The highest BCUT2D eigenvalue weighted by molar-refractivity contribution is 7.80. The van der Waals surface area contributed by atoms with E-state index in [2.05, 4.69) is 5.32 Å². The minimum absolute atomic E-state index is 0.249. The van der Waals surface area contributed by atoms with E-state index in [-0.39, 0.29) is 5.11 Å². The quantitative estimate of drug-likeness (QED) is 0.816. The fourth-order valence-corrected chi connectivity index (χ4v) is 2.23. The maximum atomic E-state index is 13.2. The number of nitrogens with zero attached hydrogens (tertiary/aromatic N) is 1. The molecular weight excluding hydrogens is 239 g/mol. The molecule has 0 aromatic heterocycles. The van der Waals surface area contributed by atoms with Crippen LogP contribution in [-0.4, -0.2) is 23.2 Å². The van der Waals surface area contributed by atoms with Gasteiger partial charge in [0.2, 0.25) is 0 Å². The molecule has 1 heterocycles. The Balaban J connectivity index is 2.45. The molecule has 2 rings (SSSR count). The first-order chi connectivity index (χ1) is 7.99. The minimum atomic E-state index is -1.24. The highest BCUT2D eigenvalue weighted by atomic mass is 32.1. The predicted molar refractivity (Wildman–Crippen MR) is 68.8 cm³/mol. The maximum Gasteiger partial charge on any atom is 0.254 e. The van der Waals surface area contributed by atoms with Gasteiger partial charge >= 0.3 is 0 Å². The Bertz CT molecular complexity index is 474. The number of hydrogen-bond acceptors (Lipinski definition) is 2. The van der Waals surface area contributed by atoms with Gasteiger partial charge in [-0.1, -0.05) is 17.7 Å². The maximum absolute atomic E-state index is 13.2. The van der Waals surface area contributed by atoms with E-state index < -0.39 is 18.1 Å². The van der Waals surface area contributed by atoms with Gasteiger partial charge in [0, 0.05) is 5.69 Å². The second-order valence-corrected chi connectivity index (χ2v) is 4.72. The van der Waals surface area contributed by atoms with E-state index in [0.29, 0.717) is 0 Å². The van der Waals surface area contributed by atoms with Gasteiger partial charge in [0.25, 0.3) is 5.91 Å². The molecule has 0 spiro atoms. The largest absolute Gasteiger partial charge is 0.301 e. The summed E-state index contributed by atoms with van der Waals surface area (Å²) in [5, 5.41) is 2.75. The summed E-state index contributed by atoms with van der Waals surface area (Å²) in [6.07, 6.45) is 0. The lowest BCUT2D eigenvalue weighted by Crippen LogP contribution is -2.49. The third kappa shape index (κ3) is 1.80. The lowest BCUT2D eigenvalue weighted by Gasteiger charge is -2.30. The number of rotatable bonds is 2. The Morgan fingerprint density at radius 1 is 1.41 bits per heavy atom. The second-order valence-electron chi connectivity index (χ2n) is 4.34. The number of benzene rings is 1. The molecule has 0 aliphatic carbocycles. The molecule has 0 saturated carbocycles. The van der Waals surface area contributed by atoms with Crippen LogP contribution in [0.15, 0.2) is 24.3 Å². The van der Waals surface area contributed by atoms with Crippen molar-refractivity contribution in [1.29, 1.82) is 0 Å². The van der Waals surface area contributed by atoms with E-state index in [1.165, 1.54) is 4.90 Å². The van der Waals surface area contributed by atoms with Crippen LogP contribution in [0.2, 0.25) is 0 Å². The van der Waals surface area contributed by atoms with E-state index >= 15 is 0 Å². The number of carbonyl (C=O) groups is 1. The molecule has 1 aliphatic heterocycles. The molecule has 0 radical (unpaired) electrons. The Kier molecular flexibility index (Phi) is 2.87. The molecule has 1 N–H and O–H groups in total. The zero-order chi connectivity index (χ0) is 12.6. The van der Waals surface area contributed by atoms with Crippen LogP contribution >= 0.6 is 12.2 Å². The van der Waals surface area contributed by atoms with Crippen LogP contribution in [0.3, 0.4) is 0 Å². The molecule has 1 fully saturated rings. The summed E-state index contributed by atoms with van der Waals surface area (Å²) in [7, 11) is 0. The summed E-state index contributed by atoms with van der Waals surface area (Å²) in [6.45, 7) is 2.72. The molecule has 17 heavy (non-hydrogen) atoms. The topological polar surface area (TPSA) is 32.3 Å². The molecule has 1 atom stereocenters. The molecule has 1 amide bonds. The fourth-order valence-electron chi connectivity index (χ4n) is 1.83. The van der Waals surface area contributed by atoms with Crippen LogP contribution in [0, 0.1) is 6.92 Å². The van der Waals surface area contributed by atoms with Crippen molar-refractivity contribution in [2.24, 2.45) is 0 Å². The third-order valence-electron chi connectivity index (χ3n) is 2.96. The molecule has 1 aromatic carbocycles. The Labute approximate surface area is 105 Å². The van der Waals surface area contributed by atoms with E-state index in [4.69, 9.17) is 12.2 Å². The first-order valence-electron chi connectivity index (χ1n) is 5.27. The summed E-state index contributed by atoms with van der Waals surface area (Å²) < 4.78 is 13.2. The molecular formula is C12H13FN2OS. The van der Waals surface area contributed by atoms with Crippen molar-refractivity contribution in [3.05, 3.63) is 29.8 Å². The lowest BCUT2D eigenvalue weighted by molar-refractivity contribution is -0.123. The van der Waals surface area contributed by atoms with Gasteiger partial charge in [0.05, 0.1) is 0 Å². The van der Waals surface area contributed by atoms with Gasteiger partial charge in [-0.15, -0.1) is 0 Å². The van der Waals surface area contributed by atoms with Crippen molar-refractivity contribution in [3.63, 3.8) is 0 Å². The van der Waals surface area contributed by atoms with Gasteiger partial charge in [-0.2, -0.15) is 0 Å². The summed E-state index contributed by atoms with van der Waals surface area (Å²) in [6, 6.07) is 7.46. The number of alkyl halides is 1. The monoisotopic (exact) mass is 252 g/mol. The standard InChI is InChI=1S/C12H13FN2OS/c1-8-3-5-9(6-4-8)15-11(17)14-10(16)12(15,2)7-13/h3-6H,7H2,1-2H3,(H,14,16,17). The van der Waals surface area contributed by atoms with Crippen molar-refractivity contribution in [2.75, 3.05) is 11.6 Å². The molecule has 5 heteroatoms. The molecule has 1 saturated heterocycles. The average molecular weight is 252 g/mol. The Morgan fingerprint density at radius 2 is 2.00 bits per heavy atom. The van der Waals surface area contributed by atoms with Crippen LogP contribution < -0.4 is 10.2 Å². The Hall–Kier alpha value is -1.49. The zero-order valence-corrected chi connectivity index (χ0v) is 10.5. The molecule has 3 nitrogen and oxygen atoms in total. The van der Waals surface area contributed by atoms with Crippen molar-refractivity contribution in [3.8, 4) is 0 Å². The van der Waals surface area contributed by atoms with Gasteiger partial charge in [-0.25, -0.2) is 4.39 Å². The number of hydrogen-bond donors (Lipinski definition) is 1. The van der Waals surface area contributed by atoms with Crippen molar-refractivity contribution in [1.82, 2.24) is 5.32 Å². The normalized spacial score (nSPS) is 24.1. The molecule has 1 aromatic rings. The number of aryl methyl sites for hydroxylation is 1. The molecule has 1 aliphatic rings. The first kappa shape index (κ1) is 12.0. The van der Waals surface area contributed by atoms with Crippen molar-refractivity contribution in [2.45, 2.75) is 19.4 Å². The molecule has 0 bridgehead atoms. The van der Waals surface area contributed by atoms with Gasteiger partial charge in [0.15, 0.2) is 10.7 Å². The minimum Gasteiger partial charge on any atom is -0.301 e. The van der Waals surface area contributed by atoms with Gasteiger partial charge in [-0.3, -0.25) is 4.79 Å². The van der Waals surface area contributed by atoms with Crippen LogP contribution in [0.4, 0.5) is 10.1 Å². The highest BCUT2D eigenvalue weighted by Gasteiger charge is 2.48. The van der Waals surface area contributed by atoms with E-state index in [1.807, 2.05) is 31.2 Å². The smallest absolute Gasteiger partial charge is 0.254 e. The summed E-state index contributed by atoms with van der Waals surface area (Å²) >= 11 is 5.07. The van der Waals surface area contributed by atoms with Gasteiger partial charge < -0.3 is 10.2 Å². The molecule has 90 valence electrons. The van der Waals surface area contributed by atoms with E-state index in [0.717, 1.165) is 11.3 Å². The summed E-state index contributed by atoms with van der Waals surface area (Å²) in [4.78, 5) is 13.2. The van der Waals surface area contributed by atoms with E-state index in [9.17, 15) is 9.18 Å². The van der Waals surface area contributed by atoms with Crippen LogP contribution in [0.1, 0.15) is 12.5 Å². The number of nitrogens with one attached hydrogen (secondary N) is 1. The van der Waals surface area contributed by atoms with Crippen molar-refractivity contribution >= 4 is 28.9 Å². The fraction of sp³-hybridized carbons (Fsp3) is 0.333. The van der Waals surface area contributed by atoms with Crippen LogP contribution in [-0.2, 0) is 4.79 Å². The highest BCUT2D eigenvalue weighted by Crippen LogP contribution is 2.29. The second kappa shape index (κ2) is 4.07. The average Bonchev–Trinajstić information content (AvgIpc) is 2.52. The number of anilines is 1. The van der Waals surface area contributed by atoms with Crippen LogP contribution in [0.5, 0.6) is 0 Å². The van der Waals surface area contributed by atoms with Gasteiger partial charge in [0.1, 0.15) is 6.67 Å². The number of carbonyl (C=O) groups excluding carboxylic acids is 1. The lowest BCUT2D eigenvalue weighted by atomic mass is 10.0. The Morgan fingerprint density at radius 3 is 2.53 bits per heavy atom. The predicted octanol–water partition coefficient (Wildman–Crippen LogP) is 1.94. The first-order valence-corrected chi connectivity index (χ1v) is 5.68. The summed E-state index contributed by atoms with van der Waals surface area (Å²) in [5.41, 5.74) is 0.575. The van der Waals surface area contributed by atoms with E-state index in [1.54, 1.807) is 6.92 Å². The summed E-state index contributed by atoms with van der Waals surface area (Å²) in [5.74, 6) is -0.398. The number of thiocarbonyl (C=S) groups is 1. The van der Waals surface area contributed by atoms with Crippen molar-refractivity contribution < 1.29 is 9.18 Å². The zero-order valence-electron chi connectivity index (χ0n) is 9.66. The number of halogens is 1. The SMILES string of the molecule is Cc1ccc(N2C(=S)NC(=O)C2(C)CF)cc1. The third-order valence-corrected chi connectivity index (χ3v) is 3.24. The van der Waals surface area contributed by atoms with Crippen LogP contribution in [0.25, 0.3) is 0 Å². The molecule has 1 unspecified atom stereocenters. The van der Waals surface area contributed by atoms with Gasteiger partial charge in [-0.05, 0) is 38.2 Å².